The molecule has 3 heteroatoms. The van der Waals surface area contributed by atoms with Crippen LogP contribution in [0.3, 0.4) is 0 Å². The van der Waals surface area contributed by atoms with Gasteiger partial charge in [-0.1, -0.05) is 12.1 Å². The van der Waals surface area contributed by atoms with Crippen molar-refractivity contribution in [3.8, 4) is 5.75 Å². The summed E-state index contributed by atoms with van der Waals surface area (Å²) in [5, 5.41) is -0.116. The number of fused-ring (bicyclic) bond motifs is 1. The van der Waals surface area contributed by atoms with Gasteiger partial charge in [0.1, 0.15) is 5.75 Å². The Hall–Kier alpha value is -0.730. The van der Waals surface area contributed by atoms with Crippen molar-refractivity contribution in [3.05, 3.63) is 29.3 Å². The van der Waals surface area contributed by atoms with Crippen molar-refractivity contribution in [2.24, 2.45) is 5.73 Å². The van der Waals surface area contributed by atoms with Crippen LogP contribution in [0.2, 0.25) is 0 Å². The normalized spacial score (nSPS) is 25.6. The van der Waals surface area contributed by atoms with Crippen LogP contribution in [0.1, 0.15) is 22.9 Å². The monoisotopic (exact) mass is 211 g/mol. The van der Waals surface area contributed by atoms with Crippen molar-refractivity contribution in [1.82, 2.24) is 0 Å². The number of nitrogens with two attached hydrogens (primary N) is 1. The summed E-state index contributed by atoms with van der Waals surface area (Å²) in [4.78, 5) is 0. The van der Waals surface area contributed by atoms with Crippen LogP contribution >= 0.6 is 11.6 Å². The Morgan fingerprint density at radius 3 is 3.00 bits per heavy atom. The molecule has 0 aliphatic heterocycles. The van der Waals surface area contributed by atoms with E-state index in [9.17, 15) is 0 Å². The molecule has 0 bridgehead atoms. The highest BCUT2D eigenvalue weighted by Gasteiger charge is 2.27. The minimum Gasteiger partial charge on any atom is -0.496 e. The molecule has 1 unspecified atom stereocenters. The van der Waals surface area contributed by atoms with Crippen molar-refractivity contribution < 1.29 is 4.74 Å². The summed E-state index contributed by atoms with van der Waals surface area (Å²) in [7, 11) is 1.67. The first kappa shape index (κ1) is 9.81. The van der Waals surface area contributed by atoms with Gasteiger partial charge in [-0.05, 0) is 24.5 Å². The predicted molar refractivity (Wildman–Crippen MR) is 57.9 cm³/mol. The Morgan fingerprint density at radius 1 is 1.50 bits per heavy atom. The minimum atomic E-state index is -0.116. The number of alkyl halides is 1. The van der Waals surface area contributed by atoms with Gasteiger partial charge in [-0.3, -0.25) is 0 Å². The Balaban J connectivity index is 2.49. The molecule has 14 heavy (non-hydrogen) atoms. The summed E-state index contributed by atoms with van der Waals surface area (Å²) in [6.07, 6.45) is 1.95. The Morgan fingerprint density at radius 2 is 2.29 bits per heavy atom. The molecular weight excluding hydrogens is 198 g/mol. The van der Waals surface area contributed by atoms with Crippen LogP contribution in [0.5, 0.6) is 5.75 Å². The smallest absolute Gasteiger partial charge is 0.123 e. The average Bonchev–Trinajstić information content (AvgIpc) is 2.23. The molecule has 76 valence electrons. The molecule has 0 amide bonds. The van der Waals surface area contributed by atoms with E-state index in [0.29, 0.717) is 0 Å². The summed E-state index contributed by atoms with van der Waals surface area (Å²) >= 11 is 6.28. The molecule has 0 spiro atoms. The summed E-state index contributed by atoms with van der Waals surface area (Å²) in [5.74, 6) is 0.859. The van der Waals surface area contributed by atoms with Gasteiger partial charge in [-0.15, -0.1) is 11.6 Å². The average molecular weight is 212 g/mol. The molecule has 2 nitrogen and oxygen atoms in total. The predicted octanol–water partition coefficient (Wildman–Crippen LogP) is 2.25. The molecule has 1 aliphatic carbocycles. The summed E-state index contributed by atoms with van der Waals surface area (Å²) in [5.41, 5.74) is 8.28. The van der Waals surface area contributed by atoms with Crippen LogP contribution in [0.25, 0.3) is 0 Å². The fourth-order valence-electron chi connectivity index (χ4n) is 1.98. The minimum absolute atomic E-state index is 0.0421. The Bertz CT molecular complexity index is 326. The third-order valence-electron chi connectivity index (χ3n) is 2.78. The molecule has 0 aromatic heterocycles. The SMILES string of the molecule is COc1cccc2c1[C@@H](Cl)C(N)CC2. The van der Waals surface area contributed by atoms with Gasteiger partial charge >= 0.3 is 0 Å². The maximum Gasteiger partial charge on any atom is 0.123 e. The van der Waals surface area contributed by atoms with Crippen molar-refractivity contribution in [2.45, 2.75) is 24.3 Å². The molecule has 2 atom stereocenters. The zero-order chi connectivity index (χ0) is 10.1. The number of aryl methyl sites for hydroxylation is 1. The molecular formula is C11H14ClNO. The van der Waals surface area contributed by atoms with Crippen molar-refractivity contribution in [2.75, 3.05) is 7.11 Å². The van der Waals surface area contributed by atoms with E-state index in [4.69, 9.17) is 22.1 Å². The standard InChI is InChI=1S/C11H14ClNO/c1-14-9-4-2-3-7-5-6-8(13)11(12)10(7)9/h2-4,8,11H,5-6,13H2,1H3/t8?,11-/m0/s1. The zero-order valence-corrected chi connectivity index (χ0v) is 8.92. The number of rotatable bonds is 1. The molecule has 0 fully saturated rings. The fourth-order valence-corrected chi connectivity index (χ4v) is 2.35. The van der Waals surface area contributed by atoms with Crippen molar-refractivity contribution in [1.29, 1.82) is 0 Å². The number of hydrogen-bond acceptors (Lipinski definition) is 2. The Labute approximate surface area is 89.0 Å². The first-order chi connectivity index (χ1) is 6.74. The lowest BCUT2D eigenvalue weighted by Gasteiger charge is -2.28. The lowest BCUT2D eigenvalue weighted by Crippen LogP contribution is -2.30. The number of methoxy groups -OCH3 is 1. The zero-order valence-electron chi connectivity index (χ0n) is 8.16. The van der Waals surface area contributed by atoms with E-state index in [1.807, 2.05) is 12.1 Å². The number of halogens is 1. The van der Waals surface area contributed by atoms with Gasteiger partial charge in [0.15, 0.2) is 0 Å². The summed E-state index contributed by atoms with van der Waals surface area (Å²) in [6.45, 7) is 0. The first-order valence-electron chi connectivity index (χ1n) is 4.79. The van der Waals surface area contributed by atoms with Crippen molar-refractivity contribution >= 4 is 11.6 Å². The number of ether oxygens (including phenoxy) is 1. The van der Waals surface area contributed by atoms with Gasteiger partial charge < -0.3 is 10.5 Å². The third-order valence-corrected chi connectivity index (χ3v) is 3.32. The van der Waals surface area contributed by atoms with Gasteiger partial charge in [0, 0.05) is 11.6 Å². The summed E-state index contributed by atoms with van der Waals surface area (Å²) in [6, 6.07) is 6.07. The topological polar surface area (TPSA) is 35.2 Å². The molecule has 0 heterocycles. The van der Waals surface area contributed by atoms with Crippen LogP contribution in [0, 0.1) is 0 Å². The highest BCUT2D eigenvalue weighted by Crippen LogP contribution is 2.39. The molecule has 2 N–H and O–H groups in total. The second kappa shape index (κ2) is 3.79. The maximum atomic E-state index is 6.28. The fraction of sp³-hybridized carbons (Fsp3) is 0.455. The van der Waals surface area contributed by atoms with Crippen molar-refractivity contribution in [3.63, 3.8) is 0 Å². The van der Waals surface area contributed by atoms with E-state index in [1.165, 1.54) is 5.56 Å². The van der Waals surface area contributed by atoms with Crippen LogP contribution in [-0.4, -0.2) is 13.2 Å². The van der Waals surface area contributed by atoms with Gasteiger partial charge in [-0.2, -0.15) is 0 Å². The van der Waals surface area contributed by atoms with Gasteiger partial charge in [0.25, 0.3) is 0 Å². The lowest BCUT2D eigenvalue weighted by atomic mass is 9.87. The quantitative estimate of drug-likeness (QED) is 0.724. The van der Waals surface area contributed by atoms with Crippen LogP contribution in [-0.2, 0) is 6.42 Å². The first-order valence-corrected chi connectivity index (χ1v) is 5.23. The molecule has 0 saturated carbocycles. The molecule has 2 rings (SSSR count). The van der Waals surface area contributed by atoms with E-state index < -0.39 is 0 Å². The molecule has 0 saturated heterocycles. The van der Waals surface area contributed by atoms with Gasteiger partial charge in [-0.25, -0.2) is 0 Å². The van der Waals surface area contributed by atoms with E-state index in [1.54, 1.807) is 7.11 Å². The van der Waals surface area contributed by atoms with E-state index in [0.717, 1.165) is 24.2 Å². The molecule has 1 aromatic carbocycles. The second-order valence-corrected chi connectivity index (χ2v) is 4.11. The highest BCUT2D eigenvalue weighted by molar-refractivity contribution is 6.21. The maximum absolute atomic E-state index is 6.28. The highest BCUT2D eigenvalue weighted by atomic mass is 35.5. The molecule has 1 aliphatic rings. The van der Waals surface area contributed by atoms with E-state index in [2.05, 4.69) is 6.07 Å². The third kappa shape index (κ3) is 1.49. The van der Waals surface area contributed by atoms with Gasteiger partial charge in [0.2, 0.25) is 0 Å². The van der Waals surface area contributed by atoms with Crippen LogP contribution in [0.15, 0.2) is 18.2 Å². The van der Waals surface area contributed by atoms with E-state index >= 15 is 0 Å². The Kier molecular flexibility index (Phi) is 2.66. The van der Waals surface area contributed by atoms with E-state index in [-0.39, 0.29) is 11.4 Å². The number of benzene rings is 1. The largest absolute Gasteiger partial charge is 0.496 e. The number of hydrogen-bond donors (Lipinski definition) is 1. The second-order valence-electron chi connectivity index (χ2n) is 3.64. The van der Waals surface area contributed by atoms with Crippen LogP contribution in [0.4, 0.5) is 0 Å². The molecule has 1 aromatic rings. The van der Waals surface area contributed by atoms with Crippen LogP contribution < -0.4 is 10.5 Å². The lowest BCUT2D eigenvalue weighted by molar-refractivity contribution is 0.401. The van der Waals surface area contributed by atoms with Gasteiger partial charge in [0.05, 0.1) is 12.5 Å². The molecule has 0 radical (unpaired) electrons. The summed E-state index contributed by atoms with van der Waals surface area (Å²) < 4.78 is 5.29.